The summed E-state index contributed by atoms with van der Waals surface area (Å²) in [5, 5.41) is 2.79. The number of anilines is 1. The lowest BCUT2D eigenvalue weighted by Gasteiger charge is -2.26. The van der Waals surface area contributed by atoms with Gasteiger partial charge in [0.15, 0.2) is 0 Å². The Morgan fingerprint density at radius 1 is 1.12 bits per heavy atom. The van der Waals surface area contributed by atoms with Crippen LogP contribution in [0.3, 0.4) is 0 Å². The Labute approximate surface area is 153 Å². The molecular formula is C19H22N2O4S. The van der Waals surface area contributed by atoms with Crippen molar-refractivity contribution in [3.63, 3.8) is 0 Å². The van der Waals surface area contributed by atoms with Crippen LogP contribution < -0.4 is 5.32 Å². The second-order valence-electron chi connectivity index (χ2n) is 6.20. The number of ether oxygens (including phenoxy) is 1. The highest BCUT2D eigenvalue weighted by Crippen LogP contribution is 2.21. The van der Waals surface area contributed by atoms with E-state index in [1.807, 2.05) is 31.2 Å². The Bertz CT molecular complexity index is 890. The molecule has 138 valence electrons. The minimum Gasteiger partial charge on any atom is -0.379 e. The van der Waals surface area contributed by atoms with Crippen LogP contribution in [-0.4, -0.2) is 44.9 Å². The standard InChI is InChI=1S/C19H22N2O4S/c1-15-5-2-3-6-16(15)13-19(22)20-17-7-4-8-18(14-17)26(23,24)21-9-11-25-12-10-21/h2-8,14H,9-13H2,1H3,(H,20,22). The minimum absolute atomic E-state index is 0.174. The van der Waals surface area contributed by atoms with Crippen LogP contribution in [0.5, 0.6) is 0 Å². The van der Waals surface area contributed by atoms with Gasteiger partial charge in [0, 0.05) is 18.8 Å². The molecule has 0 radical (unpaired) electrons. The quantitative estimate of drug-likeness (QED) is 0.871. The van der Waals surface area contributed by atoms with Crippen molar-refractivity contribution < 1.29 is 17.9 Å². The Morgan fingerprint density at radius 3 is 2.58 bits per heavy atom. The first-order chi connectivity index (χ1) is 12.5. The number of sulfonamides is 1. The van der Waals surface area contributed by atoms with Crippen LogP contribution in [0.25, 0.3) is 0 Å². The van der Waals surface area contributed by atoms with Gasteiger partial charge in [0.05, 0.1) is 24.5 Å². The number of carbonyl (C=O) groups excluding carboxylic acids is 1. The van der Waals surface area contributed by atoms with Crippen LogP contribution in [0.15, 0.2) is 53.4 Å². The van der Waals surface area contributed by atoms with E-state index in [1.165, 1.54) is 10.4 Å². The highest BCUT2D eigenvalue weighted by molar-refractivity contribution is 7.89. The van der Waals surface area contributed by atoms with Crippen molar-refractivity contribution in [3.8, 4) is 0 Å². The van der Waals surface area contributed by atoms with Gasteiger partial charge in [-0.1, -0.05) is 30.3 Å². The molecule has 0 aromatic heterocycles. The maximum Gasteiger partial charge on any atom is 0.243 e. The molecule has 0 bridgehead atoms. The third-order valence-electron chi connectivity index (χ3n) is 4.34. The van der Waals surface area contributed by atoms with E-state index in [0.29, 0.717) is 32.0 Å². The minimum atomic E-state index is -3.58. The summed E-state index contributed by atoms with van der Waals surface area (Å²) >= 11 is 0. The number of aryl methyl sites for hydroxylation is 1. The molecule has 0 saturated carbocycles. The van der Waals surface area contributed by atoms with Crippen molar-refractivity contribution in [2.75, 3.05) is 31.6 Å². The predicted octanol–water partition coefficient (Wildman–Crippen LogP) is 2.20. The number of amides is 1. The van der Waals surface area contributed by atoms with Crippen molar-refractivity contribution in [2.24, 2.45) is 0 Å². The van der Waals surface area contributed by atoms with Gasteiger partial charge in [0.25, 0.3) is 0 Å². The van der Waals surface area contributed by atoms with Gasteiger partial charge in [-0.15, -0.1) is 0 Å². The third kappa shape index (κ3) is 4.30. The molecule has 1 aliphatic heterocycles. The molecule has 1 amide bonds. The van der Waals surface area contributed by atoms with Gasteiger partial charge in [-0.25, -0.2) is 8.42 Å². The van der Waals surface area contributed by atoms with Gasteiger partial charge in [-0.3, -0.25) is 4.79 Å². The van der Waals surface area contributed by atoms with E-state index < -0.39 is 10.0 Å². The first kappa shape index (κ1) is 18.6. The second kappa shape index (κ2) is 7.99. The van der Waals surface area contributed by atoms with Crippen LogP contribution in [0, 0.1) is 6.92 Å². The summed E-state index contributed by atoms with van der Waals surface area (Å²) in [6, 6.07) is 14.1. The van der Waals surface area contributed by atoms with Crippen molar-refractivity contribution >= 4 is 21.6 Å². The molecule has 2 aromatic carbocycles. The van der Waals surface area contributed by atoms with Crippen LogP contribution in [0.1, 0.15) is 11.1 Å². The van der Waals surface area contributed by atoms with E-state index >= 15 is 0 Å². The molecule has 0 atom stereocenters. The molecule has 1 N–H and O–H groups in total. The number of morpholine rings is 1. The summed E-state index contributed by atoms with van der Waals surface area (Å²) in [5.41, 5.74) is 2.46. The van der Waals surface area contributed by atoms with Crippen molar-refractivity contribution in [1.29, 1.82) is 0 Å². The average molecular weight is 374 g/mol. The molecule has 1 saturated heterocycles. The zero-order chi connectivity index (χ0) is 18.6. The number of carbonyl (C=O) groups is 1. The maximum atomic E-state index is 12.7. The van der Waals surface area contributed by atoms with Gasteiger partial charge in [-0.2, -0.15) is 4.31 Å². The Hall–Kier alpha value is -2.22. The predicted molar refractivity (Wildman–Crippen MR) is 99.5 cm³/mol. The molecule has 2 aromatic rings. The van der Waals surface area contributed by atoms with Crippen LogP contribution in [-0.2, 0) is 26.0 Å². The summed E-state index contributed by atoms with van der Waals surface area (Å²) in [5.74, 6) is -0.180. The average Bonchev–Trinajstić information content (AvgIpc) is 2.64. The zero-order valence-electron chi connectivity index (χ0n) is 14.6. The van der Waals surface area contributed by atoms with Gasteiger partial charge < -0.3 is 10.1 Å². The SMILES string of the molecule is Cc1ccccc1CC(=O)Nc1cccc(S(=O)(=O)N2CCOCC2)c1. The number of nitrogens with zero attached hydrogens (tertiary/aromatic N) is 1. The first-order valence-electron chi connectivity index (χ1n) is 8.49. The van der Waals surface area contributed by atoms with Gasteiger partial charge >= 0.3 is 0 Å². The van der Waals surface area contributed by atoms with Crippen molar-refractivity contribution in [3.05, 3.63) is 59.7 Å². The molecular weight excluding hydrogens is 352 g/mol. The normalized spacial score (nSPS) is 15.6. The van der Waals surface area contributed by atoms with E-state index in [9.17, 15) is 13.2 Å². The van der Waals surface area contributed by atoms with E-state index in [2.05, 4.69) is 5.32 Å². The number of benzene rings is 2. The Kier molecular flexibility index (Phi) is 5.70. The summed E-state index contributed by atoms with van der Waals surface area (Å²) in [4.78, 5) is 12.5. The van der Waals surface area contributed by atoms with Crippen molar-refractivity contribution in [2.45, 2.75) is 18.2 Å². The molecule has 3 rings (SSSR count). The lowest BCUT2D eigenvalue weighted by atomic mass is 10.1. The van der Waals surface area contributed by atoms with Crippen molar-refractivity contribution in [1.82, 2.24) is 4.31 Å². The number of hydrogen-bond donors (Lipinski definition) is 1. The maximum absolute atomic E-state index is 12.7. The highest BCUT2D eigenvalue weighted by Gasteiger charge is 2.26. The summed E-state index contributed by atoms with van der Waals surface area (Å²) < 4.78 is 32.1. The molecule has 6 nitrogen and oxygen atoms in total. The first-order valence-corrected chi connectivity index (χ1v) is 9.93. The molecule has 0 spiro atoms. The smallest absolute Gasteiger partial charge is 0.243 e. The number of rotatable bonds is 5. The number of hydrogen-bond acceptors (Lipinski definition) is 4. The van der Waals surface area contributed by atoms with E-state index in [4.69, 9.17) is 4.74 Å². The van der Waals surface area contributed by atoms with Crippen LogP contribution >= 0.6 is 0 Å². The third-order valence-corrected chi connectivity index (χ3v) is 6.23. The molecule has 26 heavy (non-hydrogen) atoms. The fraction of sp³-hybridized carbons (Fsp3) is 0.316. The van der Waals surface area contributed by atoms with Gasteiger partial charge in [0.2, 0.25) is 15.9 Å². The molecule has 0 unspecified atom stereocenters. The highest BCUT2D eigenvalue weighted by atomic mass is 32.2. The van der Waals surface area contributed by atoms with E-state index in [-0.39, 0.29) is 17.2 Å². The fourth-order valence-electron chi connectivity index (χ4n) is 2.86. The van der Waals surface area contributed by atoms with Gasteiger partial charge in [0.1, 0.15) is 0 Å². The van der Waals surface area contributed by atoms with E-state index in [0.717, 1.165) is 11.1 Å². The van der Waals surface area contributed by atoms with Crippen LogP contribution in [0.2, 0.25) is 0 Å². The zero-order valence-corrected chi connectivity index (χ0v) is 15.5. The topological polar surface area (TPSA) is 75.7 Å². The molecule has 1 aliphatic rings. The van der Waals surface area contributed by atoms with Crippen LogP contribution in [0.4, 0.5) is 5.69 Å². The summed E-state index contributed by atoms with van der Waals surface area (Å²) in [6.07, 6.45) is 0.243. The molecule has 1 fully saturated rings. The lowest BCUT2D eigenvalue weighted by Crippen LogP contribution is -2.40. The Morgan fingerprint density at radius 2 is 1.85 bits per heavy atom. The summed E-state index contributed by atoms with van der Waals surface area (Å²) in [6.45, 7) is 3.43. The molecule has 0 aliphatic carbocycles. The van der Waals surface area contributed by atoms with Gasteiger partial charge in [-0.05, 0) is 36.2 Å². The van der Waals surface area contributed by atoms with E-state index in [1.54, 1.807) is 18.2 Å². The second-order valence-corrected chi connectivity index (χ2v) is 8.13. The fourth-order valence-corrected chi connectivity index (χ4v) is 4.31. The largest absolute Gasteiger partial charge is 0.379 e. The molecule has 1 heterocycles. The Balaban J connectivity index is 1.73. The lowest BCUT2D eigenvalue weighted by molar-refractivity contribution is -0.115. The summed E-state index contributed by atoms with van der Waals surface area (Å²) in [7, 11) is -3.58. The molecule has 7 heteroatoms. The number of nitrogens with one attached hydrogen (secondary N) is 1. The monoisotopic (exact) mass is 374 g/mol.